The first-order chi connectivity index (χ1) is 10.2. The van der Waals surface area contributed by atoms with Gasteiger partial charge in [-0.15, -0.1) is 0 Å². The highest BCUT2D eigenvalue weighted by atomic mass is 16.6. The minimum Gasteiger partial charge on any atom is -0.444 e. The van der Waals surface area contributed by atoms with Crippen LogP contribution in [0.2, 0.25) is 0 Å². The second-order valence-electron chi connectivity index (χ2n) is 7.59. The molecule has 2 aliphatic rings. The van der Waals surface area contributed by atoms with Gasteiger partial charge in [-0.1, -0.05) is 12.8 Å². The van der Waals surface area contributed by atoms with E-state index in [1.807, 2.05) is 27.7 Å². The number of Topliss-reactive ketones (excluding diaryl/α,β-unsaturated/α-hetero) is 2. The molecule has 1 saturated heterocycles. The van der Waals surface area contributed by atoms with Crippen molar-refractivity contribution in [1.82, 2.24) is 4.90 Å². The Morgan fingerprint density at radius 3 is 2.32 bits per heavy atom. The largest absolute Gasteiger partial charge is 0.444 e. The van der Waals surface area contributed by atoms with Crippen molar-refractivity contribution in [3.8, 4) is 0 Å². The lowest BCUT2D eigenvalue weighted by Crippen LogP contribution is -2.53. The number of rotatable bonds is 2. The van der Waals surface area contributed by atoms with Crippen LogP contribution in [0, 0.1) is 11.8 Å². The van der Waals surface area contributed by atoms with Crippen molar-refractivity contribution >= 4 is 17.7 Å². The molecule has 2 unspecified atom stereocenters. The van der Waals surface area contributed by atoms with Crippen LogP contribution in [0.15, 0.2) is 0 Å². The van der Waals surface area contributed by atoms with Crippen molar-refractivity contribution in [3.05, 3.63) is 0 Å². The van der Waals surface area contributed by atoms with Gasteiger partial charge in [0.2, 0.25) is 0 Å². The fourth-order valence-corrected chi connectivity index (χ4v) is 3.34. The maximum absolute atomic E-state index is 12.6. The van der Waals surface area contributed by atoms with Gasteiger partial charge in [0.15, 0.2) is 0 Å². The molecular formula is C17H27NO4. The minimum atomic E-state index is -0.660. The molecule has 1 heterocycles. The SMILES string of the molecule is CC1CC(=O)C(C(=O)C2CCCC2)CN1C(=O)OC(C)(C)C. The van der Waals surface area contributed by atoms with E-state index in [1.54, 1.807) is 4.90 Å². The number of carbonyl (C=O) groups is 3. The van der Waals surface area contributed by atoms with E-state index in [0.717, 1.165) is 25.7 Å². The number of ketones is 2. The quantitative estimate of drug-likeness (QED) is 0.736. The van der Waals surface area contributed by atoms with Crippen LogP contribution >= 0.6 is 0 Å². The molecule has 5 nitrogen and oxygen atoms in total. The van der Waals surface area contributed by atoms with Crippen molar-refractivity contribution in [2.24, 2.45) is 11.8 Å². The molecule has 5 heteroatoms. The molecule has 1 aliphatic carbocycles. The van der Waals surface area contributed by atoms with Crippen LogP contribution in [0.25, 0.3) is 0 Å². The van der Waals surface area contributed by atoms with Gasteiger partial charge in [-0.05, 0) is 40.5 Å². The van der Waals surface area contributed by atoms with Crippen LogP contribution in [0.5, 0.6) is 0 Å². The van der Waals surface area contributed by atoms with Crippen LogP contribution < -0.4 is 0 Å². The van der Waals surface area contributed by atoms with E-state index in [2.05, 4.69) is 0 Å². The second kappa shape index (κ2) is 6.39. The molecule has 0 N–H and O–H groups in total. The van der Waals surface area contributed by atoms with Crippen molar-refractivity contribution in [2.45, 2.75) is 71.4 Å². The third-order valence-corrected chi connectivity index (χ3v) is 4.53. The highest BCUT2D eigenvalue weighted by Gasteiger charge is 2.42. The standard InChI is InChI=1S/C17H27NO4/c1-11-9-14(19)13(15(20)12-7-5-6-8-12)10-18(11)16(21)22-17(2,3)4/h11-13H,5-10H2,1-4H3. The molecule has 0 aromatic rings. The van der Waals surface area contributed by atoms with Crippen LogP contribution in [-0.4, -0.2) is 40.7 Å². The predicted octanol–water partition coefficient (Wildman–Crippen LogP) is 2.96. The molecule has 0 radical (unpaired) electrons. The molecule has 124 valence electrons. The Morgan fingerprint density at radius 1 is 1.18 bits per heavy atom. The average molecular weight is 309 g/mol. The number of hydrogen-bond donors (Lipinski definition) is 0. The predicted molar refractivity (Wildman–Crippen MR) is 82.5 cm³/mol. The summed E-state index contributed by atoms with van der Waals surface area (Å²) in [6.45, 7) is 7.44. The lowest BCUT2D eigenvalue weighted by molar-refractivity contribution is -0.139. The van der Waals surface area contributed by atoms with Gasteiger partial charge < -0.3 is 9.64 Å². The third-order valence-electron chi connectivity index (χ3n) is 4.53. The van der Waals surface area contributed by atoms with E-state index in [-0.39, 0.29) is 36.5 Å². The smallest absolute Gasteiger partial charge is 0.410 e. The summed E-state index contributed by atoms with van der Waals surface area (Å²) in [4.78, 5) is 38.7. The Kier molecular flexibility index (Phi) is 4.93. The highest BCUT2D eigenvalue weighted by Crippen LogP contribution is 2.31. The zero-order chi connectivity index (χ0) is 16.5. The second-order valence-corrected chi connectivity index (χ2v) is 7.59. The molecule has 0 bridgehead atoms. The summed E-state index contributed by atoms with van der Waals surface area (Å²) in [5.74, 6) is -0.651. The number of piperidine rings is 1. The summed E-state index contributed by atoms with van der Waals surface area (Å²) in [7, 11) is 0. The molecule has 1 amide bonds. The molecule has 2 rings (SSSR count). The molecule has 2 atom stereocenters. The third kappa shape index (κ3) is 3.87. The lowest BCUT2D eigenvalue weighted by atomic mass is 9.83. The normalized spacial score (nSPS) is 27.1. The summed E-state index contributed by atoms with van der Waals surface area (Å²) in [6.07, 6.45) is 3.68. The van der Waals surface area contributed by atoms with E-state index in [9.17, 15) is 14.4 Å². The first kappa shape index (κ1) is 17.0. The van der Waals surface area contributed by atoms with Crippen LogP contribution in [0.4, 0.5) is 4.79 Å². The molecule has 2 fully saturated rings. The van der Waals surface area contributed by atoms with Gasteiger partial charge in [-0.3, -0.25) is 9.59 Å². The molecule has 0 spiro atoms. The molecular weight excluding hydrogens is 282 g/mol. The van der Waals surface area contributed by atoms with Gasteiger partial charge in [0.1, 0.15) is 17.2 Å². The van der Waals surface area contributed by atoms with Gasteiger partial charge in [0.25, 0.3) is 0 Å². The Labute approximate surface area is 132 Å². The minimum absolute atomic E-state index is 0.00263. The first-order valence-electron chi connectivity index (χ1n) is 8.25. The fraction of sp³-hybridized carbons (Fsp3) is 0.824. The Morgan fingerprint density at radius 2 is 1.77 bits per heavy atom. The number of nitrogens with zero attached hydrogens (tertiary/aromatic N) is 1. The molecule has 0 aromatic carbocycles. The lowest BCUT2D eigenvalue weighted by Gasteiger charge is -2.37. The van der Waals surface area contributed by atoms with Gasteiger partial charge >= 0.3 is 6.09 Å². The van der Waals surface area contributed by atoms with Crippen molar-refractivity contribution in [1.29, 1.82) is 0 Å². The monoisotopic (exact) mass is 309 g/mol. The Balaban J connectivity index is 2.07. The number of ether oxygens (including phenoxy) is 1. The van der Waals surface area contributed by atoms with E-state index in [4.69, 9.17) is 4.74 Å². The molecule has 0 aromatic heterocycles. The van der Waals surface area contributed by atoms with Crippen molar-refractivity contribution < 1.29 is 19.1 Å². The van der Waals surface area contributed by atoms with Gasteiger partial charge in [0.05, 0.1) is 5.92 Å². The summed E-state index contributed by atoms with van der Waals surface area (Å²) in [6, 6.07) is -0.213. The zero-order valence-corrected chi connectivity index (χ0v) is 14.1. The van der Waals surface area contributed by atoms with E-state index < -0.39 is 17.6 Å². The van der Waals surface area contributed by atoms with E-state index in [0.29, 0.717) is 0 Å². The summed E-state index contributed by atoms with van der Waals surface area (Å²) in [5, 5.41) is 0. The maximum atomic E-state index is 12.6. The number of carbonyl (C=O) groups excluding carboxylic acids is 3. The topological polar surface area (TPSA) is 63.7 Å². The van der Waals surface area contributed by atoms with Crippen LogP contribution in [-0.2, 0) is 14.3 Å². The number of hydrogen-bond acceptors (Lipinski definition) is 4. The van der Waals surface area contributed by atoms with Crippen LogP contribution in [0.1, 0.15) is 59.8 Å². The number of likely N-dealkylation sites (tertiary alicyclic amines) is 1. The molecule has 1 saturated carbocycles. The maximum Gasteiger partial charge on any atom is 0.410 e. The van der Waals surface area contributed by atoms with E-state index in [1.165, 1.54) is 0 Å². The van der Waals surface area contributed by atoms with Crippen molar-refractivity contribution in [3.63, 3.8) is 0 Å². The fourth-order valence-electron chi connectivity index (χ4n) is 3.34. The van der Waals surface area contributed by atoms with Gasteiger partial charge in [-0.2, -0.15) is 0 Å². The van der Waals surface area contributed by atoms with Gasteiger partial charge in [-0.25, -0.2) is 4.79 Å². The first-order valence-corrected chi connectivity index (χ1v) is 8.25. The molecule has 1 aliphatic heterocycles. The van der Waals surface area contributed by atoms with Gasteiger partial charge in [0, 0.05) is 24.9 Å². The van der Waals surface area contributed by atoms with Crippen LogP contribution in [0.3, 0.4) is 0 Å². The zero-order valence-electron chi connectivity index (χ0n) is 14.1. The Bertz CT molecular complexity index is 460. The number of amides is 1. The average Bonchev–Trinajstić information content (AvgIpc) is 2.89. The summed E-state index contributed by atoms with van der Waals surface area (Å²) in [5.41, 5.74) is -0.580. The highest BCUT2D eigenvalue weighted by molar-refractivity contribution is 6.04. The van der Waals surface area contributed by atoms with Crippen molar-refractivity contribution in [2.75, 3.05) is 6.54 Å². The Hall–Kier alpha value is -1.39. The molecule has 22 heavy (non-hydrogen) atoms. The summed E-state index contributed by atoms with van der Waals surface area (Å²) >= 11 is 0. The van der Waals surface area contributed by atoms with E-state index >= 15 is 0 Å². The summed E-state index contributed by atoms with van der Waals surface area (Å²) < 4.78 is 5.40.